The Bertz CT molecular complexity index is 274. The topological polar surface area (TPSA) is 25.8 Å². The SMILES string of the molecule is ClCCC=Cc1cncnc1Cl. The second-order valence-corrected chi connectivity index (χ2v) is 2.88. The molecule has 1 aromatic rings. The van der Waals surface area contributed by atoms with Crippen LogP contribution in [-0.2, 0) is 0 Å². The van der Waals surface area contributed by atoms with Gasteiger partial charge in [0, 0.05) is 17.6 Å². The first kappa shape index (κ1) is 9.49. The molecule has 0 spiro atoms. The highest BCUT2D eigenvalue weighted by Crippen LogP contribution is 2.11. The Balaban J connectivity index is 2.68. The average molecular weight is 203 g/mol. The number of hydrogen-bond donors (Lipinski definition) is 0. The zero-order valence-electron chi connectivity index (χ0n) is 6.37. The first-order valence-electron chi connectivity index (χ1n) is 3.52. The van der Waals surface area contributed by atoms with Crippen molar-refractivity contribution in [3.05, 3.63) is 29.3 Å². The number of aromatic nitrogens is 2. The van der Waals surface area contributed by atoms with Gasteiger partial charge in [-0.2, -0.15) is 0 Å². The van der Waals surface area contributed by atoms with E-state index in [-0.39, 0.29) is 0 Å². The molecule has 2 nitrogen and oxygen atoms in total. The lowest BCUT2D eigenvalue weighted by Gasteiger charge is -1.93. The van der Waals surface area contributed by atoms with Crippen molar-refractivity contribution in [1.29, 1.82) is 0 Å². The highest BCUT2D eigenvalue weighted by atomic mass is 35.5. The van der Waals surface area contributed by atoms with Gasteiger partial charge in [0.15, 0.2) is 0 Å². The summed E-state index contributed by atoms with van der Waals surface area (Å²) in [5.74, 6) is 0.613. The van der Waals surface area contributed by atoms with Crippen LogP contribution in [0.15, 0.2) is 18.6 Å². The molecule has 0 amide bonds. The Kier molecular flexibility index (Phi) is 4.05. The van der Waals surface area contributed by atoms with E-state index in [0.29, 0.717) is 11.0 Å². The number of halogens is 2. The normalized spacial score (nSPS) is 10.8. The summed E-state index contributed by atoms with van der Waals surface area (Å²) in [6.07, 6.45) is 7.72. The first-order valence-corrected chi connectivity index (χ1v) is 4.44. The van der Waals surface area contributed by atoms with Crippen molar-refractivity contribution in [3.8, 4) is 0 Å². The fourth-order valence-electron chi connectivity index (χ4n) is 0.711. The van der Waals surface area contributed by atoms with Gasteiger partial charge >= 0.3 is 0 Å². The molecular weight excluding hydrogens is 195 g/mol. The van der Waals surface area contributed by atoms with E-state index < -0.39 is 0 Å². The van der Waals surface area contributed by atoms with E-state index in [1.54, 1.807) is 6.20 Å². The summed E-state index contributed by atoms with van der Waals surface area (Å²) in [6.45, 7) is 0. The van der Waals surface area contributed by atoms with Crippen molar-refractivity contribution in [2.45, 2.75) is 6.42 Å². The maximum absolute atomic E-state index is 5.77. The molecule has 0 saturated heterocycles. The van der Waals surface area contributed by atoms with Gasteiger partial charge in [0.05, 0.1) is 0 Å². The molecule has 0 aromatic carbocycles. The largest absolute Gasteiger partial charge is 0.244 e. The smallest absolute Gasteiger partial charge is 0.139 e. The minimum atomic E-state index is 0.468. The zero-order valence-corrected chi connectivity index (χ0v) is 7.89. The molecule has 1 aromatic heterocycles. The number of alkyl halides is 1. The molecule has 0 aliphatic heterocycles. The summed E-state index contributed by atoms with van der Waals surface area (Å²) in [5, 5.41) is 0.468. The summed E-state index contributed by atoms with van der Waals surface area (Å²) in [4.78, 5) is 7.67. The molecule has 64 valence electrons. The van der Waals surface area contributed by atoms with Crippen LogP contribution < -0.4 is 0 Å². The van der Waals surface area contributed by atoms with E-state index in [2.05, 4.69) is 9.97 Å². The lowest BCUT2D eigenvalue weighted by atomic mass is 10.3. The van der Waals surface area contributed by atoms with Crippen LogP contribution in [-0.4, -0.2) is 15.8 Å². The van der Waals surface area contributed by atoms with Crippen LogP contribution in [0.1, 0.15) is 12.0 Å². The van der Waals surface area contributed by atoms with Crippen molar-refractivity contribution in [3.63, 3.8) is 0 Å². The Morgan fingerprint density at radius 3 is 3.00 bits per heavy atom. The van der Waals surface area contributed by atoms with Crippen molar-refractivity contribution < 1.29 is 0 Å². The molecule has 0 aliphatic carbocycles. The average Bonchev–Trinajstić information content (AvgIpc) is 2.09. The summed E-state index contributed by atoms with van der Waals surface area (Å²) in [7, 11) is 0. The van der Waals surface area contributed by atoms with Gasteiger partial charge in [-0.25, -0.2) is 9.97 Å². The summed E-state index contributed by atoms with van der Waals surface area (Å²) < 4.78 is 0. The third-order valence-electron chi connectivity index (χ3n) is 1.26. The molecule has 12 heavy (non-hydrogen) atoms. The van der Waals surface area contributed by atoms with E-state index in [4.69, 9.17) is 23.2 Å². The molecule has 4 heteroatoms. The van der Waals surface area contributed by atoms with Crippen molar-refractivity contribution in [1.82, 2.24) is 9.97 Å². The highest BCUT2D eigenvalue weighted by molar-refractivity contribution is 6.30. The second-order valence-electron chi connectivity index (χ2n) is 2.15. The molecule has 1 rings (SSSR count). The Labute approximate surface area is 81.2 Å². The number of allylic oxidation sites excluding steroid dienone is 1. The van der Waals surface area contributed by atoms with Gasteiger partial charge in [-0.1, -0.05) is 23.8 Å². The van der Waals surface area contributed by atoms with Crippen LogP contribution in [0.4, 0.5) is 0 Å². The van der Waals surface area contributed by atoms with Crippen LogP contribution in [0.25, 0.3) is 6.08 Å². The Hall–Kier alpha value is -0.600. The van der Waals surface area contributed by atoms with Crippen molar-refractivity contribution in [2.24, 2.45) is 0 Å². The van der Waals surface area contributed by atoms with Gasteiger partial charge in [0.25, 0.3) is 0 Å². The zero-order chi connectivity index (χ0) is 8.81. The van der Waals surface area contributed by atoms with Crippen LogP contribution in [0, 0.1) is 0 Å². The third kappa shape index (κ3) is 2.80. The quantitative estimate of drug-likeness (QED) is 0.557. The van der Waals surface area contributed by atoms with E-state index >= 15 is 0 Å². The maximum Gasteiger partial charge on any atom is 0.139 e. The third-order valence-corrected chi connectivity index (χ3v) is 1.80. The maximum atomic E-state index is 5.77. The van der Waals surface area contributed by atoms with Gasteiger partial charge < -0.3 is 0 Å². The molecular formula is C8H8Cl2N2. The fraction of sp³-hybridized carbons (Fsp3) is 0.250. The standard InChI is InChI=1S/C8H8Cl2N2/c9-4-2-1-3-7-5-11-6-12-8(7)10/h1,3,5-6H,2,4H2. The van der Waals surface area contributed by atoms with Gasteiger partial charge in [-0.15, -0.1) is 11.6 Å². The highest BCUT2D eigenvalue weighted by Gasteiger charge is 1.94. The van der Waals surface area contributed by atoms with Crippen LogP contribution in [0.2, 0.25) is 5.15 Å². The first-order chi connectivity index (χ1) is 5.84. The molecule has 0 saturated carbocycles. The van der Waals surface area contributed by atoms with E-state index in [0.717, 1.165) is 12.0 Å². The predicted octanol–water partition coefficient (Wildman–Crippen LogP) is 2.77. The molecule has 0 bridgehead atoms. The molecule has 0 aliphatic rings. The van der Waals surface area contributed by atoms with Crippen molar-refractivity contribution >= 4 is 29.3 Å². The number of nitrogens with zero attached hydrogens (tertiary/aromatic N) is 2. The number of hydrogen-bond acceptors (Lipinski definition) is 2. The van der Waals surface area contributed by atoms with Gasteiger partial charge in [-0.05, 0) is 6.42 Å². The van der Waals surface area contributed by atoms with Crippen molar-refractivity contribution in [2.75, 3.05) is 5.88 Å². The predicted molar refractivity (Wildman–Crippen MR) is 51.4 cm³/mol. The minimum Gasteiger partial charge on any atom is -0.244 e. The van der Waals surface area contributed by atoms with Crippen LogP contribution in [0.3, 0.4) is 0 Å². The molecule has 0 fully saturated rings. The minimum absolute atomic E-state index is 0.468. The van der Waals surface area contributed by atoms with Crippen LogP contribution >= 0.6 is 23.2 Å². The lowest BCUT2D eigenvalue weighted by molar-refractivity contribution is 1.16. The molecule has 0 N–H and O–H groups in total. The second kappa shape index (κ2) is 5.12. The van der Waals surface area contributed by atoms with Gasteiger partial charge in [0.2, 0.25) is 0 Å². The summed E-state index contributed by atoms with van der Waals surface area (Å²) in [6, 6.07) is 0. The molecule has 0 radical (unpaired) electrons. The molecule has 0 unspecified atom stereocenters. The summed E-state index contributed by atoms with van der Waals surface area (Å²) in [5.41, 5.74) is 0.823. The van der Waals surface area contributed by atoms with E-state index in [1.165, 1.54) is 6.33 Å². The lowest BCUT2D eigenvalue weighted by Crippen LogP contribution is -1.82. The van der Waals surface area contributed by atoms with Gasteiger partial charge in [-0.3, -0.25) is 0 Å². The van der Waals surface area contributed by atoms with Gasteiger partial charge in [0.1, 0.15) is 11.5 Å². The Morgan fingerprint density at radius 1 is 1.50 bits per heavy atom. The molecule has 0 atom stereocenters. The monoisotopic (exact) mass is 202 g/mol. The fourth-order valence-corrected chi connectivity index (χ4v) is 0.992. The Morgan fingerprint density at radius 2 is 2.33 bits per heavy atom. The molecule has 1 heterocycles. The van der Waals surface area contributed by atoms with E-state index in [1.807, 2.05) is 12.2 Å². The van der Waals surface area contributed by atoms with E-state index in [9.17, 15) is 0 Å². The summed E-state index contributed by atoms with van der Waals surface area (Å²) >= 11 is 11.3. The van der Waals surface area contributed by atoms with Crippen LogP contribution in [0.5, 0.6) is 0 Å². The number of rotatable bonds is 3.